The van der Waals surface area contributed by atoms with E-state index in [2.05, 4.69) is 4.98 Å². The normalized spacial score (nSPS) is 11.6. The topological polar surface area (TPSA) is 76.6 Å². The van der Waals surface area contributed by atoms with Gasteiger partial charge in [0.1, 0.15) is 11.6 Å². The van der Waals surface area contributed by atoms with E-state index >= 15 is 0 Å². The summed E-state index contributed by atoms with van der Waals surface area (Å²) in [5.74, 6) is -0.730. The molecule has 6 nitrogen and oxygen atoms in total. The third-order valence-electron chi connectivity index (χ3n) is 3.93. The number of carbonyl (C=O) groups is 1. The van der Waals surface area contributed by atoms with Crippen LogP contribution in [0.15, 0.2) is 52.7 Å². The van der Waals surface area contributed by atoms with Gasteiger partial charge in [0.2, 0.25) is 10.0 Å². The van der Waals surface area contributed by atoms with E-state index in [1.165, 1.54) is 43.6 Å². The molecule has 0 unspecified atom stereocenters. The number of carbonyl (C=O) groups excluding carboxylic acids is 1. The molecule has 0 saturated carbocycles. The number of sulfonamides is 1. The molecule has 0 aliphatic heterocycles. The Morgan fingerprint density at radius 2 is 1.83 bits per heavy atom. The minimum atomic E-state index is -3.70. The lowest BCUT2D eigenvalue weighted by Gasteiger charge is -2.13. The summed E-state index contributed by atoms with van der Waals surface area (Å²) in [7, 11) is -0.890. The highest BCUT2D eigenvalue weighted by Gasteiger charge is 2.21. The van der Waals surface area contributed by atoms with Crippen molar-refractivity contribution < 1.29 is 17.9 Å². The van der Waals surface area contributed by atoms with Crippen molar-refractivity contribution >= 4 is 50.5 Å². The van der Waals surface area contributed by atoms with Crippen molar-refractivity contribution in [2.24, 2.45) is 0 Å². The Hall–Kier alpha value is -1.97. The van der Waals surface area contributed by atoms with Gasteiger partial charge in [-0.15, -0.1) is 11.3 Å². The zero-order valence-electron chi connectivity index (χ0n) is 15.4. The van der Waals surface area contributed by atoms with E-state index in [1.54, 1.807) is 17.5 Å². The van der Waals surface area contributed by atoms with Gasteiger partial charge in [0, 0.05) is 30.1 Å². The highest BCUT2D eigenvalue weighted by molar-refractivity contribution is 7.89. The predicted octanol–water partition coefficient (Wildman–Crippen LogP) is 4.72. The monoisotopic (exact) mass is 470 g/mol. The summed E-state index contributed by atoms with van der Waals surface area (Å²) in [6.45, 7) is -0.0656. The van der Waals surface area contributed by atoms with Crippen LogP contribution in [0.1, 0.15) is 16.1 Å². The van der Waals surface area contributed by atoms with E-state index in [1.807, 2.05) is 12.1 Å². The van der Waals surface area contributed by atoms with Gasteiger partial charge in [0.15, 0.2) is 0 Å². The van der Waals surface area contributed by atoms with Crippen molar-refractivity contribution in [3.8, 4) is 10.6 Å². The van der Waals surface area contributed by atoms with Crippen LogP contribution in [0.2, 0.25) is 10.0 Å². The average Bonchev–Trinajstić information content (AvgIpc) is 3.15. The van der Waals surface area contributed by atoms with Crippen LogP contribution in [0.25, 0.3) is 10.6 Å². The number of halogens is 2. The Balaban J connectivity index is 1.74. The molecule has 0 saturated heterocycles. The molecule has 29 heavy (non-hydrogen) atoms. The number of benzene rings is 2. The van der Waals surface area contributed by atoms with Gasteiger partial charge in [-0.25, -0.2) is 22.5 Å². The lowest BCUT2D eigenvalue weighted by atomic mass is 10.2. The average molecular weight is 471 g/mol. The van der Waals surface area contributed by atoms with Gasteiger partial charge in [0.05, 0.1) is 21.2 Å². The van der Waals surface area contributed by atoms with Gasteiger partial charge in [-0.3, -0.25) is 0 Å². The molecular weight excluding hydrogens is 455 g/mol. The molecule has 2 aromatic carbocycles. The number of thiazole rings is 1. The number of ether oxygens (including phenoxy) is 1. The predicted molar refractivity (Wildman–Crippen MR) is 114 cm³/mol. The summed E-state index contributed by atoms with van der Waals surface area (Å²) in [4.78, 5) is 16.8. The fourth-order valence-corrected chi connectivity index (χ4v) is 4.41. The summed E-state index contributed by atoms with van der Waals surface area (Å²) < 4.78 is 30.9. The maximum atomic E-state index is 12.4. The summed E-state index contributed by atoms with van der Waals surface area (Å²) in [6, 6.07) is 11.2. The van der Waals surface area contributed by atoms with Gasteiger partial charge in [-0.05, 0) is 30.3 Å². The second-order valence-electron chi connectivity index (χ2n) is 6.16. The smallest absolute Gasteiger partial charge is 0.340 e. The number of hydrogen-bond acceptors (Lipinski definition) is 6. The number of hydrogen-bond donors (Lipinski definition) is 0. The van der Waals surface area contributed by atoms with Crippen molar-refractivity contribution in [2.45, 2.75) is 11.5 Å². The van der Waals surface area contributed by atoms with Crippen LogP contribution in [0.5, 0.6) is 0 Å². The minimum absolute atomic E-state index is 0.0252. The highest BCUT2D eigenvalue weighted by atomic mass is 35.5. The number of esters is 1. The third-order valence-corrected chi connectivity index (χ3v) is 7.26. The Bertz CT molecular complexity index is 1140. The van der Waals surface area contributed by atoms with Crippen LogP contribution < -0.4 is 0 Å². The lowest BCUT2D eigenvalue weighted by molar-refractivity contribution is 0.0468. The van der Waals surface area contributed by atoms with Gasteiger partial charge < -0.3 is 4.74 Å². The Morgan fingerprint density at radius 1 is 1.14 bits per heavy atom. The first-order valence-electron chi connectivity index (χ1n) is 8.28. The molecule has 3 aromatic rings. The summed E-state index contributed by atoms with van der Waals surface area (Å²) in [5.41, 5.74) is 1.45. The van der Waals surface area contributed by atoms with E-state index in [4.69, 9.17) is 27.9 Å². The zero-order valence-corrected chi connectivity index (χ0v) is 18.6. The van der Waals surface area contributed by atoms with Crippen molar-refractivity contribution in [1.82, 2.24) is 9.29 Å². The maximum absolute atomic E-state index is 12.4. The van der Waals surface area contributed by atoms with Crippen LogP contribution in [0.3, 0.4) is 0 Å². The molecule has 0 atom stereocenters. The zero-order chi connectivity index (χ0) is 21.2. The Kier molecular flexibility index (Phi) is 6.60. The number of rotatable bonds is 6. The molecule has 3 rings (SSSR count). The molecule has 0 spiro atoms. The SMILES string of the molecule is CN(C)S(=O)(=O)c1ccc(Cl)c(C(=O)OCc2csc(-c3ccc(Cl)cc3)n2)c1. The van der Waals surface area contributed by atoms with E-state index in [0.717, 1.165) is 14.9 Å². The lowest BCUT2D eigenvalue weighted by Crippen LogP contribution is -2.22. The van der Waals surface area contributed by atoms with E-state index in [9.17, 15) is 13.2 Å². The Labute approximate surface area is 182 Å². The maximum Gasteiger partial charge on any atom is 0.340 e. The van der Waals surface area contributed by atoms with Crippen LogP contribution in [0.4, 0.5) is 0 Å². The minimum Gasteiger partial charge on any atom is -0.456 e. The second kappa shape index (κ2) is 8.81. The van der Waals surface area contributed by atoms with E-state index in [0.29, 0.717) is 10.7 Å². The van der Waals surface area contributed by atoms with Gasteiger partial charge in [0.25, 0.3) is 0 Å². The first-order valence-corrected chi connectivity index (χ1v) is 11.4. The fourth-order valence-electron chi connectivity index (χ4n) is 2.35. The fraction of sp³-hybridized carbons (Fsp3) is 0.158. The molecule has 0 aliphatic rings. The highest BCUT2D eigenvalue weighted by Crippen LogP contribution is 2.26. The van der Waals surface area contributed by atoms with Crippen LogP contribution in [-0.4, -0.2) is 37.8 Å². The summed E-state index contributed by atoms with van der Waals surface area (Å²) >= 11 is 13.4. The molecule has 152 valence electrons. The van der Waals surface area contributed by atoms with Crippen molar-refractivity contribution in [3.05, 3.63) is 69.1 Å². The molecule has 0 radical (unpaired) electrons. The Morgan fingerprint density at radius 3 is 2.48 bits per heavy atom. The molecule has 0 bridgehead atoms. The van der Waals surface area contributed by atoms with Gasteiger partial charge >= 0.3 is 5.97 Å². The summed E-state index contributed by atoms with van der Waals surface area (Å²) in [5, 5.41) is 3.29. The summed E-state index contributed by atoms with van der Waals surface area (Å²) in [6.07, 6.45) is 0. The second-order valence-corrected chi connectivity index (χ2v) is 10.0. The first-order chi connectivity index (χ1) is 13.7. The molecule has 1 aromatic heterocycles. The number of aromatic nitrogens is 1. The molecule has 1 heterocycles. The molecule has 0 fully saturated rings. The van der Waals surface area contributed by atoms with Crippen LogP contribution >= 0.6 is 34.5 Å². The number of nitrogens with zero attached hydrogens (tertiary/aromatic N) is 2. The van der Waals surface area contributed by atoms with Crippen LogP contribution in [0, 0.1) is 0 Å². The van der Waals surface area contributed by atoms with Crippen molar-refractivity contribution in [3.63, 3.8) is 0 Å². The first kappa shape index (κ1) is 21.7. The molecule has 0 aliphatic carbocycles. The van der Waals surface area contributed by atoms with Crippen molar-refractivity contribution in [2.75, 3.05) is 14.1 Å². The largest absolute Gasteiger partial charge is 0.456 e. The van der Waals surface area contributed by atoms with E-state index in [-0.39, 0.29) is 22.1 Å². The molecule has 0 amide bonds. The van der Waals surface area contributed by atoms with Gasteiger partial charge in [-0.1, -0.05) is 35.3 Å². The standard InChI is InChI=1S/C19H16Cl2N2O4S2/c1-23(2)29(25,26)15-7-8-17(21)16(9-15)19(24)27-10-14-11-28-18(22-14)12-3-5-13(20)6-4-12/h3-9,11H,10H2,1-2H3. The quantitative estimate of drug-likeness (QED) is 0.486. The molecule has 0 N–H and O–H groups in total. The van der Waals surface area contributed by atoms with Gasteiger partial charge in [-0.2, -0.15) is 0 Å². The third kappa shape index (κ3) is 4.96. The van der Waals surface area contributed by atoms with E-state index < -0.39 is 16.0 Å². The molecule has 10 heteroatoms. The van der Waals surface area contributed by atoms with Crippen LogP contribution in [-0.2, 0) is 21.4 Å². The van der Waals surface area contributed by atoms with Crippen molar-refractivity contribution in [1.29, 1.82) is 0 Å². The molecular formula is C19H16Cl2N2O4S2.